The Morgan fingerprint density at radius 1 is 1.13 bits per heavy atom. The van der Waals surface area contributed by atoms with Crippen molar-refractivity contribution in [3.05, 3.63) is 72.6 Å². The molecule has 1 aliphatic heterocycles. The highest BCUT2D eigenvalue weighted by Crippen LogP contribution is 2.29. The Hall–Kier alpha value is -3.46. The van der Waals surface area contributed by atoms with Crippen molar-refractivity contribution in [3.63, 3.8) is 0 Å². The van der Waals surface area contributed by atoms with E-state index in [2.05, 4.69) is 9.84 Å². The Morgan fingerprint density at radius 3 is 2.45 bits per heavy atom. The summed E-state index contributed by atoms with van der Waals surface area (Å²) in [7, 11) is 0. The minimum atomic E-state index is -2.86. The first-order valence-electron chi connectivity index (χ1n) is 9.76. The summed E-state index contributed by atoms with van der Waals surface area (Å²) in [5.41, 5.74) is 1.79. The second-order valence-corrected chi connectivity index (χ2v) is 7.17. The first kappa shape index (κ1) is 20.8. The maximum Gasteiger partial charge on any atom is 0.345 e. The molecule has 2 heterocycles. The van der Waals surface area contributed by atoms with Crippen LogP contribution in [-0.2, 0) is 4.74 Å². The largest absolute Gasteiger partial charge is 0.489 e. The first-order valence-corrected chi connectivity index (χ1v) is 9.76. The number of halogens is 2. The van der Waals surface area contributed by atoms with Crippen LogP contribution in [0.5, 0.6) is 5.75 Å². The van der Waals surface area contributed by atoms with E-state index in [9.17, 15) is 13.6 Å². The number of aromatic nitrogens is 2. The quantitative estimate of drug-likeness (QED) is 0.587. The number of ether oxygens (including phenoxy) is 2. The number of hydrogen-bond acceptors (Lipinski definition) is 5. The number of carbonyl (C=O) groups is 1. The van der Waals surface area contributed by atoms with Crippen LogP contribution in [0, 0.1) is 0 Å². The van der Waals surface area contributed by atoms with E-state index >= 15 is 0 Å². The van der Waals surface area contributed by atoms with Crippen molar-refractivity contribution in [2.45, 2.75) is 25.2 Å². The standard InChI is InChI=1S/C22H21F2N3O4/c23-22(24)30-14-18-12-20(13-26(18)16-4-2-15(3-5-16)21(28)29)31-19-8-6-17(7-9-19)27-11-1-10-25-27/h1-11,18,20,22H,12-14H2,(H,28,29)/t18-,20-/m0/s1. The highest BCUT2D eigenvalue weighted by molar-refractivity contribution is 5.88. The van der Waals surface area contributed by atoms with E-state index in [1.165, 1.54) is 12.1 Å². The van der Waals surface area contributed by atoms with E-state index in [4.69, 9.17) is 9.84 Å². The molecule has 0 unspecified atom stereocenters. The molecule has 0 saturated carbocycles. The highest BCUT2D eigenvalue weighted by atomic mass is 19.3. The molecule has 0 amide bonds. The van der Waals surface area contributed by atoms with Crippen LogP contribution < -0.4 is 9.64 Å². The second kappa shape index (κ2) is 9.13. The van der Waals surface area contributed by atoms with Crippen molar-refractivity contribution in [2.75, 3.05) is 18.1 Å². The van der Waals surface area contributed by atoms with Gasteiger partial charge in [0.05, 0.1) is 30.4 Å². The van der Waals surface area contributed by atoms with Gasteiger partial charge in [-0.05, 0) is 54.6 Å². The summed E-state index contributed by atoms with van der Waals surface area (Å²) in [5, 5.41) is 13.3. The third kappa shape index (κ3) is 5.00. The Bertz CT molecular complexity index is 995. The van der Waals surface area contributed by atoms with Gasteiger partial charge in [0.2, 0.25) is 0 Å². The molecule has 2 aromatic carbocycles. The van der Waals surface area contributed by atoms with Gasteiger partial charge in [-0.1, -0.05) is 0 Å². The lowest BCUT2D eigenvalue weighted by Gasteiger charge is -2.26. The van der Waals surface area contributed by atoms with Crippen molar-refractivity contribution in [1.82, 2.24) is 9.78 Å². The summed E-state index contributed by atoms with van der Waals surface area (Å²) in [6.07, 6.45) is 3.80. The van der Waals surface area contributed by atoms with Gasteiger partial charge in [-0.15, -0.1) is 0 Å². The van der Waals surface area contributed by atoms with Gasteiger partial charge in [0, 0.05) is 24.5 Å². The molecular formula is C22H21F2N3O4. The number of anilines is 1. The molecule has 162 valence electrons. The number of rotatable bonds is 8. The summed E-state index contributed by atoms with van der Waals surface area (Å²) in [4.78, 5) is 13.0. The van der Waals surface area contributed by atoms with Crippen LogP contribution in [0.4, 0.5) is 14.5 Å². The number of nitrogens with zero attached hydrogens (tertiary/aromatic N) is 3. The zero-order valence-corrected chi connectivity index (χ0v) is 16.5. The zero-order valence-electron chi connectivity index (χ0n) is 16.5. The topological polar surface area (TPSA) is 76.8 Å². The maximum atomic E-state index is 12.6. The molecule has 31 heavy (non-hydrogen) atoms. The van der Waals surface area contributed by atoms with Gasteiger partial charge in [0.15, 0.2) is 0 Å². The van der Waals surface area contributed by atoms with Gasteiger partial charge in [-0.25, -0.2) is 9.48 Å². The molecule has 3 aromatic rings. The monoisotopic (exact) mass is 429 g/mol. The van der Waals surface area contributed by atoms with Gasteiger partial charge in [-0.2, -0.15) is 13.9 Å². The number of aromatic carboxylic acids is 1. The molecule has 0 bridgehead atoms. The molecule has 0 spiro atoms. The van der Waals surface area contributed by atoms with E-state index in [1.54, 1.807) is 23.0 Å². The predicted molar refractivity (Wildman–Crippen MR) is 109 cm³/mol. The summed E-state index contributed by atoms with van der Waals surface area (Å²) in [6.45, 7) is -2.55. The van der Waals surface area contributed by atoms with Crippen molar-refractivity contribution in [1.29, 1.82) is 0 Å². The van der Waals surface area contributed by atoms with Gasteiger partial charge < -0.3 is 19.5 Å². The van der Waals surface area contributed by atoms with Crippen molar-refractivity contribution in [3.8, 4) is 11.4 Å². The van der Waals surface area contributed by atoms with E-state index in [1.807, 2.05) is 41.4 Å². The lowest BCUT2D eigenvalue weighted by atomic mass is 10.1. The highest BCUT2D eigenvalue weighted by Gasteiger charge is 2.34. The molecule has 0 aliphatic carbocycles. The van der Waals surface area contributed by atoms with Crippen LogP contribution in [0.1, 0.15) is 16.8 Å². The molecule has 1 N–H and O–H groups in total. The van der Waals surface area contributed by atoms with Crippen LogP contribution >= 0.6 is 0 Å². The third-order valence-corrected chi connectivity index (χ3v) is 5.14. The Labute approximate surface area is 177 Å². The fourth-order valence-electron chi connectivity index (χ4n) is 3.70. The van der Waals surface area contributed by atoms with Gasteiger partial charge in [0.1, 0.15) is 11.9 Å². The molecule has 2 atom stereocenters. The first-order chi connectivity index (χ1) is 15.0. The van der Waals surface area contributed by atoms with Crippen LogP contribution in [0.3, 0.4) is 0 Å². The molecule has 1 aromatic heterocycles. The van der Waals surface area contributed by atoms with Crippen molar-refractivity contribution >= 4 is 11.7 Å². The lowest BCUT2D eigenvalue weighted by Crippen LogP contribution is -2.34. The summed E-state index contributed by atoms with van der Waals surface area (Å²) in [6, 6.07) is 15.3. The maximum absolute atomic E-state index is 12.6. The molecule has 1 saturated heterocycles. The molecular weight excluding hydrogens is 408 g/mol. The summed E-state index contributed by atoms with van der Waals surface area (Å²) < 4.78 is 37.6. The fourth-order valence-corrected chi connectivity index (χ4v) is 3.70. The molecule has 4 rings (SSSR count). The normalized spacial score (nSPS) is 18.5. The number of benzene rings is 2. The summed E-state index contributed by atoms with van der Waals surface area (Å²) in [5.74, 6) is -0.358. The Kier molecular flexibility index (Phi) is 6.13. The molecule has 7 nitrogen and oxygen atoms in total. The average Bonchev–Trinajstić information content (AvgIpc) is 3.43. The minimum Gasteiger partial charge on any atom is -0.489 e. The number of alkyl halides is 2. The van der Waals surface area contributed by atoms with E-state index in [0.29, 0.717) is 18.7 Å². The summed E-state index contributed by atoms with van der Waals surface area (Å²) >= 11 is 0. The van der Waals surface area contributed by atoms with E-state index in [-0.39, 0.29) is 24.3 Å². The Morgan fingerprint density at radius 2 is 1.84 bits per heavy atom. The lowest BCUT2D eigenvalue weighted by molar-refractivity contribution is -0.131. The van der Waals surface area contributed by atoms with Crippen LogP contribution in [0.25, 0.3) is 5.69 Å². The van der Waals surface area contributed by atoms with Gasteiger partial charge in [-0.3, -0.25) is 0 Å². The SMILES string of the molecule is O=C(O)c1ccc(N2C[C@@H](Oc3ccc(-n4cccn4)cc3)C[C@H]2COC(F)F)cc1. The number of carboxylic acid groups (broad SMARTS) is 1. The van der Waals surface area contributed by atoms with Gasteiger partial charge in [0.25, 0.3) is 0 Å². The minimum absolute atomic E-state index is 0.156. The number of hydrogen-bond donors (Lipinski definition) is 1. The van der Waals surface area contributed by atoms with Crippen LogP contribution in [0.2, 0.25) is 0 Å². The van der Waals surface area contributed by atoms with E-state index in [0.717, 1.165) is 11.4 Å². The predicted octanol–water partition coefficient (Wildman–Crippen LogP) is 3.84. The van der Waals surface area contributed by atoms with Gasteiger partial charge >= 0.3 is 12.6 Å². The average molecular weight is 429 g/mol. The van der Waals surface area contributed by atoms with E-state index < -0.39 is 12.6 Å². The fraction of sp³-hybridized carbons (Fsp3) is 0.273. The smallest absolute Gasteiger partial charge is 0.345 e. The second-order valence-electron chi connectivity index (χ2n) is 7.17. The Balaban J connectivity index is 1.46. The number of carboxylic acids is 1. The third-order valence-electron chi connectivity index (χ3n) is 5.14. The molecule has 9 heteroatoms. The van der Waals surface area contributed by atoms with Crippen molar-refractivity contribution in [2.24, 2.45) is 0 Å². The molecule has 0 radical (unpaired) electrons. The van der Waals surface area contributed by atoms with Crippen LogP contribution in [0.15, 0.2) is 67.0 Å². The van der Waals surface area contributed by atoms with Crippen LogP contribution in [-0.4, -0.2) is 52.8 Å². The zero-order chi connectivity index (χ0) is 21.8. The van der Waals surface area contributed by atoms with Crippen molar-refractivity contribution < 1.29 is 28.2 Å². The molecule has 1 fully saturated rings. The molecule has 1 aliphatic rings.